The molecule has 6 rings (SSSR count). The molecule has 0 spiro atoms. The fourth-order valence-corrected chi connectivity index (χ4v) is 4.66. The Kier molecular flexibility index (Phi) is 4.69. The molecule has 1 atom stereocenters. The number of allylic oxidation sites excluding steroid dienone is 1. The van der Waals surface area contributed by atoms with Crippen LogP contribution in [-0.4, -0.2) is 21.7 Å². The molecule has 0 saturated carbocycles. The Bertz CT molecular complexity index is 1440. The number of hydrogen-bond donors (Lipinski definition) is 0. The predicted octanol–water partition coefficient (Wildman–Crippen LogP) is 6.24. The van der Waals surface area contributed by atoms with Gasteiger partial charge in [0, 0.05) is 28.2 Å². The molecule has 2 aliphatic rings. The van der Waals surface area contributed by atoms with Crippen LogP contribution in [0, 0.1) is 0 Å². The van der Waals surface area contributed by atoms with Crippen LogP contribution < -0.4 is 9.47 Å². The quantitative estimate of drug-likeness (QED) is 0.313. The molecule has 0 bridgehead atoms. The van der Waals surface area contributed by atoms with Crippen LogP contribution in [0.15, 0.2) is 83.2 Å². The van der Waals surface area contributed by atoms with Gasteiger partial charge in [-0.3, -0.25) is 4.79 Å². The molecule has 2 aliphatic heterocycles. The largest absolute Gasteiger partial charge is 0.490 e. The van der Waals surface area contributed by atoms with Gasteiger partial charge < -0.3 is 9.47 Å². The summed E-state index contributed by atoms with van der Waals surface area (Å²) in [5.41, 5.74) is 5.21. The normalized spacial score (nSPS) is 17.6. The van der Waals surface area contributed by atoms with Crippen molar-refractivity contribution in [2.45, 2.75) is 19.4 Å². The Morgan fingerprint density at radius 2 is 1.88 bits per heavy atom. The van der Waals surface area contributed by atoms with Crippen LogP contribution in [0.1, 0.15) is 28.4 Å². The summed E-state index contributed by atoms with van der Waals surface area (Å²) in [5, 5.41) is 4.88. The molecule has 3 aromatic carbocycles. The fourth-order valence-electron chi connectivity index (χ4n) is 4.30. The zero-order valence-corrected chi connectivity index (χ0v) is 19.4. The Morgan fingerprint density at radius 3 is 2.73 bits per heavy atom. The van der Waals surface area contributed by atoms with Crippen LogP contribution in [0.2, 0.25) is 0 Å². The number of Topliss-reactive ketones (excluding diaryl/α,β-unsaturated/α-hetero) is 1. The lowest BCUT2D eigenvalue weighted by molar-refractivity contribution is 0.101. The summed E-state index contributed by atoms with van der Waals surface area (Å²) in [4.78, 5) is 13.0. The first-order valence-corrected chi connectivity index (χ1v) is 11.5. The van der Waals surface area contributed by atoms with E-state index in [1.807, 2.05) is 59.4 Å². The second-order valence-electron chi connectivity index (χ2n) is 8.25. The molecule has 6 heteroatoms. The Labute approximate surface area is 199 Å². The Hall–Kier alpha value is -3.64. The standard InChI is InChI=1S/C27H19BrN2O3/c1-16-11-18-12-17(7-9-23(18)32-16)26-19(15-30(29-26)21-5-3-2-4-6-21)13-25-27(31)22-14-20(28)8-10-24(22)33-25/h2-10,12-16H,11H2,1H3/b25-13-. The summed E-state index contributed by atoms with van der Waals surface area (Å²) in [6.45, 7) is 2.07. The molecule has 0 N–H and O–H groups in total. The SMILES string of the molecule is CC1Cc2cc(-c3nn(-c4ccccc4)cc3/C=C3\Oc4ccc(Br)cc4C3=O)ccc2O1. The highest BCUT2D eigenvalue weighted by Gasteiger charge is 2.28. The minimum absolute atomic E-state index is 0.138. The van der Waals surface area contributed by atoms with Crippen molar-refractivity contribution in [1.29, 1.82) is 0 Å². The van der Waals surface area contributed by atoms with E-state index in [-0.39, 0.29) is 17.6 Å². The number of rotatable bonds is 3. The number of nitrogens with zero attached hydrogens (tertiary/aromatic N) is 2. The van der Waals surface area contributed by atoms with Gasteiger partial charge in [-0.25, -0.2) is 4.68 Å². The van der Waals surface area contributed by atoms with Crippen molar-refractivity contribution < 1.29 is 14.3 Å². The summed E-state index contributed by atoms with van der Waals surface area (Å²) < 4.78 is 14.4. The molecule has 3 heterocycles. The molecule has 33 heavy (non-hydrogen) atoms. The molecule has 4 aromatic rings. The van der Waals surface area contributed by atoms with E-state index in [2.05, 4.69) is 28.9 Å². The minimum Gasteiger partial charge on any atom is -0.490 e. The highest BCUT2D eigenvalue weighted by Crippen LogP contribution is 2.37. The van der Waals surface area contributed by atoms with Gasteiger partial charge in [0.05, 0.1) is 11.3 Å². The number of carbonyl (C=O) groups excluding carboxylic acids is 1. The minimum atomic E-state index is -0.138. The number of ether oxygens (including phenoxy) is 2. The van der Waals surface area contributed by atoms with Gasteiger partial charge in [0.25, 0.3) is 0 Å². The van der Waals surface area contributed by atoms with Crippen LogP contribution in [-0.2, 0) is 6.42 Å². The summed E-state index contributed by atoms with van der Waals surface area (Å²) in [7, 11) is 0. The summed E-state index contributed by atoms with van der Waals surface area (Å²) in [6, 6.07) is 21.5. The number of para-hydroxylation sites is 1. The fraction of sp³-hybridized carbons (Fsp3) is 0.111. The third-order valence-electron chi connectivity index (χ3n) is 5.85. The van der Waals surface area contributed by atoms with E-state index in [0.717, 1.165) is 39.2 Å². The molecular weight excluding hydrogens is 480 g/mol. The van der Waals surface area contributed by atoms with Gasteiger partial charge >= 0.3 is 0 Å². The first-order chi connectivity index (χ1) is 16.0. The van der Waals surface area contributed by atoms with Gasteiger partial charge in [0.2, 0.25) is 5.78 Å². The number of hydrogen-bond acceptors (Lipinski definition) is 4. The van der Waals surface area contributed by atoms with E-state index in [0.29, 0.717) is 11.3 Å². The topological polar surface area (TPSA) is 53.4 Å². The molecule has 0 saturated heterocycles. The molecule has 0 aliphatic carbocycles. The van der Waals surface area contributed by atoms with Crippen molar-refractivity contribution in [2.75, 3.05) is 0 Å². The highest BCUT2D eigenvalue weighted by atomic mass is 79.9. The maximum atomic E-state index is 13.0. The first-order valence-electron chi connectivity index (χ1n) is 10.7. The van der Waals surface area contributed by atoms with Gasteiger partial charge in [-0.2, -0.15) is 5.10 Å². The number of ketones is 1. The predicted molar refractivity (Wildman–Crippen MR) is 130 cm³/mol. The van der Waals surface area contributed by atoms with Gasteiger partial charge in [-0.1, -0.05) is 34.1 Å². The monoisotopic (exact) mass is 498 g/mol. The Balaban J connectivity index is 1.46. The van der Waals surface area contributed by atoms with Gasteiger partial charge in [0.15, 0.2) is 5.76 Å². The van der Waals surface area contributed by atoms with E-state index < -0.39 is 0 Å². The van der Waals surface area contributed by atoms with E-state index >= 15 is 0 Å². The third-order valence-corrected chi connectivity index (χ3v) is 6.34. The smallest absolute Gasteiger partial charge is 0.232 e. The zero-order valence-electron chi connectivity index (χ0n) is 17.8. The summed E-state index contributed by atoms with van der Waals surface area (Å²) >= 11 is 3.43. The molecule has 162 valence electrons. The van der Waals surface area contributed by atoms with Crippen LogP contribution in [0.25, 0.3) is 23.0 Å². The second kappa shape index (κ2) is 7.74. The molecule has 0 fully saturated rings. The molecular formula is C27H19BrN2O3. The Morgan fingerprint density at radius 1 is 1.06 bits per heavy atom. The van der Waals surface area contributed by atoms with E-state index in [4.69, 9.17) is 14.6 Å². The number of aromatic nitrogens is 2. The van der Waals surface area contributed by atoms with Crippen molar-refractivity contribution in [3.63, 3.8) is 0 Å². The molecule has 0 amide bonds. The van der Waals surface area contributed by atoms with Gasteiger partial charge in [-0.15, -0.1) is 0 Å². The number of benzene rings is 3. The molecule has 5 nitrogen and oxygen atoms in total. The van der Waals surface area contributed by atoms with Crippen LogP contribution in [0.3, 0.4) is 0 Å². The molecule has 1 unspecified atom stereocenters. The summed E-state index contributed by atoms with van der Waals surface area (Å²) in [6.07, 6.45) is 4.75. The zero-order chi connectivity index (χ0) is 22.5. The number of fused-ring (bicyclic) bond motifs is 2. The van der Waals surface area contributed by atoms with Crippen molar-refractivity contribution >= 4 is 27.8 Å². The van der Waals surface area contributed by atoms with Gasteiger partial charge in [0.1, 0.15) is 23.3 Å². The average Bonchev–Trinajstić information content (AvgIpc) is 3.49. The lowest BCUT2D eigenvalue weighted by atomic mass is 10.0. The van der Waals surface area contributed by atoms with Crippen LogP contribution in [0.4, 0.5) is 0 Å². The first kappa shape index (κ1) is 20.0. The lowest BCUT2D eigenvalue weighted by Crippen LogP contribution is -2.05. The van der Waals surface area contributed by atoms with Crippen molar-refractivity contribution in [2.24, 2.45) is 0 Å². The third kappa shape index (κ3) is 3.56. The molecule has 1 aromatic heterocycles. The van der Waals surface area contributed by atoms with Crippen LogP contribution in [0.5, 0.6) is 11.5 Å². The van der Waals surface area contributed by atoms with E-state index in [9.17, 15) is 4.79 Å². The van der Waals surface area contributed by atoms with E-state index in [1.165, 1.54) is 5.56 Å². The van der Waals surface area contributed by atoms with Crippen LogP contribution >= 0.6 is 15.9 Å². The highest BCUT2D eigenvalue weighted by molar-refractivity contribution is 9.10. The van der Waals surface area contributed by atoms with Crippen molar-refractivity contribution in [3.8, 4) is 28.4 Å². The maximum Gasteiger partial charge on any atom is 0.232 e. The summed E-state index contributed by atoms with van der Waals surface area (Å²) in [5.74, 6) is 1.63. The van der Waals surface area contributed by atoms with Gasteiger partial charge in [-0.05, 0) is 67.1 Å². The lowest BCUT2D eigenvalue weighted by Gasteiger charge is -2.04. The number of halogens is 1. The average molecular weight is 499 g/mol. The van der Waals surface area contributed by atoms with E-state index in [1.54, 1.807) is 18.2 Å². The maximum absolute atomic E-state index is 13.0. The number of carbonyl (C=O) groups is 1. The van der Waals surface area contributed by atoms with Crippen molar-refractivity contribution in [1.82, 2.24) is 9.78 Å². The second-order valence-corrected chi connectivity index (χ2v) is 9.16. The molecule has 0 radical (unpaired) electrons. The van der Waals surface area contributed by atoms with Crippen molar-refractivity contribution in [3.05, 3.63) is 99.8 Å².